The van der Waals surface area contributed by atoms with Crippen molar-refractivity contribution >= 4 is 5.97 Å². The average molecular weight is 1460 g/mol. The summed E-state index contributed by atoms with van der Waals surface area (Å²) in [6, 6.07) is 45.5. The van der Waals surface area contributed by atoms with Crippen molar-refractivity contribution in [2.45, 2.75) is 193 Å². The molecular formula is C87H106O19. The van der Waals surface area contributed by atoms with Gasteiger partial charge in [0.15, 0.2) is 25.0 Å². The Morgan fingerprint density at radius 3 is 1.52 bits per heavy atom. The van der Waals surface area contributed by atoms with Crippen molar-refractivity contribution in [2.24, 2.45) is 46.3 Å². The Morgan fingerprint density at radius 2 is 1.00 bits per heavy atom. The molecule has 5 aliphatic heterocycles. The number of rotatable bonds is 29. The zero-order valence-electron chi connectivity index (χ0n) is 63.1. The van der Waals surface area contributed by atoms with Crippen LogP contribution in [0.3, 0.4) is 0 Å². The predicted octanol–water partition coefficient (Wildman–Crippen LogP) is 15.2. The van der Waals surface area contributed by atoms with Crippen LogP contribution in [0.5, 0.6) is 34.5 Å². The van der Waals surface area contributed by atoms with Gasteiger partial charge in [-0.3, -0.25) is 0 Å². The largest absolute Gasteiger partial charge is 0.497 e. The molecule has 0 N–H and O–H groups in total. The molecule has 6 aromatic carbocycles. The minimum absolute atomic E-state index is 0.0481. The van der Waals surface area contributed by atoms with Crippen LogP contribution >= 0.6 is 0 Å². The number of hydrogen-bond acceptors (Lipinski definition) is 19. The maximum absolute atomic E-state index is 14.6. The highest BCUT2D eigenvalue weighted by molar-refractivity contribution is 5.89. The first kappa shape index (κ1) is 75.4. The van der Waals surface area contributed by atoms with Gasteiger partial charge in [-0.15, -0.1) is 0 Å². The number of fused-ring (bicyclic) bond motifs is 6. The van der Waals surface area contributed by atoms with Gasteiger partial charge >= 0.3 is 5.97 Å². The number of benzene rings is 6. The van der Waals surface area contributed by atoms with Crippen LogP contribution < -0.4 is 28.4 Å². The second-order valence-corrected chi connectivity index (χ2v) is 30.6. The lowest BCUT2D eigenvalue weighted by Gasteiger charge is -2.59. The predicted molar refractivity (Wildman–Crippen MR) is 395 cm³/mol. The molecule has 0 unspecified atom stereocenters. The highest BCUT2D eigenvalue weighted by Crippen LogP contribution is 2.70. The monoisotopic (exact) mass is 1450 g/mol. The lowest BCUT2D eigenvalue weighted by atomic mass is 9.46. The van der Waals surface area contributed by atoms with Gasteiger partial charge in [-0.05, 0) is 213 Å². The minimum atomic E-state index is -1.27. The molecule has 568 valence electrons. The van der Waals surface area contributed by atoms with Crippen LogP contribution in [0.15, 0.2) is 169 Å². The quantitative estimate of drug-likeness (QED) is 0.0319. The first-order chi connectivity index (χ1) is 51.6. The fraction of sp³-hybridized carbons (Fsp3) is 0.529. The maximum atomic E-state index is 14.6. The Bertz CT molecular complexity index is 3900. The van der Waals surface area contributed by atoms with Crippen LogP contribution in [0.1, 0.15) is 118 Å². The molecule has 19 nitrogen and oxygen atoms in total. The molecule has 21 atom stereocenters. The Morgan fingerprint density at radius 1 is 0.519 bits per heavy atom. The zero-order chi connectivity index (χ0) is 73.6. The molecule has 15 rings (SSSR count). The number of esters is 1. The molecule has 0 amide bonds. The molecule has 0 aromatic heterocycles. The van der Waals surface area contributed by atoms with E-state index in [1.165, 1.54) is 11.1 Å². The molecule has 3 saturated carbocycles. The third-order valence-corrected chi connectivity index (χ3v) is 24.3. The second kappa shape index (κ2) is 33.6. The third kappa shape index (κ3) is 16.2. The smallest absolute Gasteiger partial charge is 0.338 e. The summed E-state index contributed by atoms with van der Waals surface area (Å²) in [5, 5.41) is 0. The average Bonchev–Trinajstić information content (AvgIpc) is 1.53. The van der Waals surface area contributed by atoms with Crippen LogP contribution in [0.4, 0.5) is 0 Å². The van der Waals surface area contributed by atoms with Gasteiger partial charge in [-0.1, -0.05) is 97.8 Å². The molecule has 6 aromatic rings. The van der Waals surface area contributed by atoms with E-state index in [4.69, 9.17) is 85.3 Å². The summed E-state index contributed by atoms with van der Waals surface area (Å²) in [5.41, 5.74) is 7.47. The molecule has 0 radical (unpaired) electrons. The van der Waals surface area contributed by atoms with Gasteiger partial charge in [0.25, 0.3) is 0 Å². The highest BCUT2D eigenvalue weighted by atomic mass is 16.8. The van der Waals surface area contributed by atoms with Crippen LogP contribution in [0, 0.1) is 46.3 Å². The van der Waals surface area contributed by atoms with E-state index in [0.717, 1.165) is 78.7 Å². The summed E-state index contributed by atoms with van der Waals surface area (Å²) in [5.74, 6) is 6.27. The van der Waals surface area contributed by atoms with E-state index < -0.39 is 67.4 Å². The topological polar surface area (TPSA) is 183 Å². The first-order valence-electron chi connectivity index (χ1n) is 37.8. The summed E-state index contributed by atoms with van der Waals surface area (Å²) in [6.07, 6.45) is 1.31. The summed E-state index contributed by atoms with van der Waals surface area (Å²) in [4.78, 5) is 14.6. The lowest BCUT2D eigenvalue weighted by molar-refractivity contribution is -0.382. The fourth-order valence-corrected chi connectivity index (χ4v) is 18.8. The normalized spacial score (nSPS) is 32.8. The minimum Gasteiger partial charge on any atom is -0.497 e. The van der Waals surface area contributed by atoms with Gasteiger partial charge in [0.05, 0.1) is 113 Å². The molecule has 4 bridgehead atoms. The number of allylic oxidation sites excluding steroid dienone is 2. The highest BCUT2D eigenvalue weighted by Gasteiger charge is 2.69. The number of ether oxygens (including phenoxy) is 18. The van der Waals surface area contributed by atoms with E-state index >= 15 is 0 Å². The van der Waals surface area contributed by atoms with Crippen molar-refractivity contribution in [1.29, 1.82) is 0 Å². The molecule has 1 spiro atoms. The van der Waals surface area contributed by atoms with E-state index in [9.17, 15) is 4.79 Å². The lowest BCUT2D eigenvalue weighted by Crippen LogP contribution is -2.66. The molecule has 9 aliphatic rings. The van der Waals surface area contributed by atoms with E-state index in [2.05, 4.69) is 39.8 Å². The second-order valence-electron chi connectivity index (χ2n) is 30.6. The van der Waals surface area contributed by atoms with Crippen LogP contribution in [0.25, 0.3) is 0 Å². The fourth-order valence-electron chi connectivity index (χ4n) is 18.8. The number of carbonyl (C=O) groups excluding carboxylic acids is 1. The maximum Gasteiger partial charge on any atom is 0.338 e. The summed E-state index contributed by atoms with van der Waals surface area (Å²) >= 11 is 0. The third-order valence-electron chi connectivity index (χ3n) is 24.3. The van der Waals surface area contributed by atoms with Gasteiger partial charge in [-0.2, -0.15) is 0 Å². The van der Waals surface area contributed by atoms with Gasteiger partial charge in [0, 0.05) is 11.3 Å². The van der Waals surface area contributed by atoms with Gasteiger partial charge < -0.3 is 85.3 Å². The Labute approximate surface area is 624 Å². The number of methoxy groups -OCH3 is 6. The molecular weight excluding hydrogens is 1350 g/mol. The Hall–Kier alpha value is -7.37. The van der Waals surface area contributed by atoms with Gasteiger partial charge in [-0.25, -0.2) is 4.79 Å². The Kier molecular flexibility index (Phi) is 23.9. The Balaban J connectivity index is 0.839. The number of carbonyl (C=O) groups is 1. The summed E-state index contributed by atoms with van der Waals surface area (Å²) in [7, 11) is 9.79. The van der Waals surface area contributed by atoms with E-state index in [1.807, 2.05) is 128 Å². The van der Waals surface area contributed by atoms with E-state index in [1.54, 1.807) is 66.9 Å². The van der Waals surface area contributed by atoms with Crippen molar-refractivity contribution in [3.05, 3.63) is 202 Å². The SMILES string of the molecule is COc1ccc(COC[C@H]2O[C@@H](O[C@H]3CC[C@@]4(C)C(=CC[C@H]5[C@@H]6C[C@@H]7O[C@@H]8OC[C@@]6(CC[C@@H]54)[C@H]7[C@H](C)[C@H]8C=C(C)C)C3)[C@H](O[C@@H]3O[C@@H](C)[C@H](OC(=O)c4ccc(OC)cc4)[C@@H](OCc4ccc(OC)cc4)[C@H]3OCc3ccc(OC)cc3)[C@@H](OCc3ccc(OC)cc3)[C@@H]2OCc2ccc(OC)cc2)cc1. The zero-order valence-corrected chi connectivity index (χ0v) is 63.1. The van der Waals surface area contributed by atoms with Crippen molar-refractivity contribution in [2.75, 3.05) is 55.9 Å². The van der Waals surface area contributed by atoms with Crippen LogP contribution in [-0.4, -0.2) is 142 Å². The van der Waals surface area contributed by atoms with Crippen molar-refractivity contribution in [3.8, 4) is 34.5 Å². The van der Waals surface area contributed by atoms with E-state index in [0.29, 0.717) is 70.3 Å². The molecule has 5 heterocycles. The summed E-state index contributed by atoms with van der Waals surface area (Å²) < 4.78 is 120. The number of hydrogen-bond donors (Lipinski definition) is 0. The molecule has 8 fully saturated rings. The van der Waals surface area contributed by atoms with Gasteiger partial charge in [0.2, 0.25) is 0 Å². The van der Waals surface area contributed by atoms with Crippen LogP contribution in [-0.2, 0) is 89.9 Å². The van der Waals surface area contributed by atoms with Crippen LogP contribution in [0.2, 0.25) is 0 Å². The van der Waals surface area contributed by atoms with E-state index in [-0.39, 0.29) is 74.9 Å². The molecule has 4 aliphatic carbocycles. The summed E-state index contributed by atoms with van der Waals surface area (Å²) in [6.45, 7) is 12.8. The standard InChI is InChI=1S/C87H106O19/c1-52(2)42-70-53(3)75-73-44-72-69-37-24-61-43-68(38-40-86(61,5)71(69)39-41-87(72,75)51-100-83(70)103-73)102-85-81(79(98-48-58-18-31-65(92-9)32-19-58)77(96-46-56-14-27-63(90-7)28-15-56)74(104-85)50-95-45-55-12-25-62(89-6)26-13-55)106-84-80(99-49-59-20-33-66(93-10)34-21-59)78(97-47-57-16-29-64(91-8)30-17-57)76(54(4)101-84)105-82(88)60-22-35-67(94-11)36-23-60/h12-36,42,53-54,68-81,83-85H,37-41,43-51H2,1-11H3/t53-,54+,68+,69-,70-,71+,72+,73+,74-,75+,76+,77-,78-,79+,80-,81-,83+,84+,85-,86+,87-/m1/s1. The van der Waals surface area contributed by atoms with Crippen molar-refractivity contribution in [1.82, 2.24) is 0 Å². The van der Waals surface area contributed by atoms with Crippen molar-refractivity contribution < 1.29 is 90.1 Å². The molecule has 19 heteroatoms. The molecule has 106 heavy (non-hydrogen) atoms. The molecule has 5 saturated heterocycles. The van der Waals surface area contributed by atoms with Crippen molar-refractivity contribution in [3.63, 3.8) is 0 Å². The van der Waals surface area contributed by atoms with Gasteiger partial charge in [0.1, 0.15) is 71.1 Å². The first-order valence-corrected chi connectivity index (χ1v) is 37.8.